The summed E-state index contributed by atoms with van der Waals surface area (Å²) in [6, 6.07) is 0.316. The Balaban J connectivity index is 1.81. The van der Waals surface area contributed by atoms with Crippen LogP contribution >= 0.6 is 0 Å². The molecule has 1 saturated heterocycles. The van der Waals surface area contributed by atoms with Crippen LogP contribution in [-0.2, 0) is 9.59 Å². The lowest BCUT2D eigenvalue weighted by atomic mass is 9.94. The molecule has 2 amide bonds. The standard InChI is InChI=1S/C15H27N3O2/c1-11(13(19)16-12-5-6-12)17-7-9-18(10-8-17)14(20)15(2,3)4/h11-12H,5-10H2,1-4H3,(H,16,19). The van der Waals surface area contributed by atoms with Crippen molar-refractivity contribution in [2.75, 3.05) is 26.2 Å². The van der Waals surface area contributed by atoms with Gasteiger partial charge in [0.05, 0.1) is 6.04 Å². The third-order valence-electron chi connectivity index (χ3n) is 4.09. The van der Waals surface area contributed by atoms with Crippen molar-refractivity contribution < 1.29 is 9.59 Å². The van der Waals surface area contributed by atoms with Crippen molar-refractivity contribution in [1.29, 1.82) is 0 Å². The molecule has 5 heteroatoms. The summed E-state index contributed by atoms with van der Waals surface area (Å²) in [4.78, 5) is 28.3. The molecule has 1 heterocycles. The molecule has 0 aromatic heterocycles. The first kappa shape index (κ1) is 15.3. The number of nitrogens with zero attached hydrogens (tertiary/aromatic N) is 2. The van der Waals surface area contributed by atoms with Crippen molar-refractivity contribution in [2.24, 2.45) is 5.41 Å². The van der Waals surface area contributed by atoms with Gasteiger partial charge in [0.25, 0.3) is 0 Å². The molecule has 2 rings (SSSR count). The zero-order chi connectivity index (χ0) is 14.9. The zero-order valence-electron chi connectivity index (χ0n) is 13.1. The number of amides is 2. The number of nitrogens with one attached hydrogen (secondary N) is 1. The Labute approximate surface area is 121 Å². The van der Waals surface area contributed by atoms with Gasteiger partial charge in [-0.05, 0) is 19.8 Å². The Bertz CT molecular complexity index is 377. The van der Waals surface area contributed by atoms with Gasteiger partial charge >= 0.3 is 0 Å². The second-order valence-electron chi connectivity index (χ2n) is 7.04. The fourth-order valence-corrected chi connectivity index (χ4v) is 2.50. The van der Waals surface area contributed by atoms with E-state index in [0.29, 0.717) is 6.04 Å². The largest absolute Gasteiger partial charge is 0.352 e. The average Bonchev–Trinajstić information content (AvgIpc) is 3.20. The number of rotatable bonds is 3. The lowest BCUT2D eigenvalue weighted by Gasteiger charge is -2.39. The van der Waals surface area contributed by atoms with E-state index in [2.05, 4.69) is 10.2 Å². The Morgan fingerprint density at radius 1 is 1.10 bits per heavy atom. The van der Waals surface area contributed by atoms with Gasteiger partial charge in [0, 0.05) is 37.6 Å². The molecule has 2 fully saturated rings. The van der Waals surface area contributed by atoms with Gasteiger partial charge in [0.15, 0.2) is 0 Å². The van der Waals surface area contributed by atoms with E-state index in [1.807, 2.05) is 32.6 Å². The van der Waals surface area contributed by atoms with Crippen molar-refractivity contribution in [3.05, 3.63) is 0 Å². The molecule has 0 spiro atoms. The molecule has 20 heavy (non-hydrogen) atoms. The predicted molar refractivity (Wildman–Crippen MR) is 78.2 cm³/mol. The van der Waals surface area contributed by atoms with Gasteiger partial charge < -0.3 is 10.2 Å². The molecule has 1 unspecified atom stereocenters. The molecule has 1 aliphatic carbocycles. The molecule has 0 aromatic carbocycles. The van der Waals surface area contributed by atoms with E-state index < -0.39 is 0 Å². The Hall–Kier alpha value is -1.10. The molecule has 0 bridgehead atoms. The van der Waals surface area contributed by atoms with Crippen molar-refractivity contribution in [3.8, 4) is 0 Å². The first-order valence-electron chi connectivity index (χ1n) is 7.63. The summed E-state index contributed by atoms with van der Waals surface area (Å²) < 4.78 is 0. The predicted octanol–water partition coefficient (Wildman–Crippen LogP) is 0.844. The summed E-state index contributed by atoms with van der Waals surface area (Å²) in [6.45, 7) is 10.8. The SMILES string of the molecule is CC(C(=O)NC1CC1)N1CCN(C(=O)C(C)(C)C)CC1. The smallest absolute Gasteiger partial charge is 0.237 e. The third-order valence-corrected chi connectivity index (χ3v) is 4.09. The van der Waals surface area contributed by atoms with Crippen LogP contribution in [0, 0.1) is 5.41 Å². The summed E-state index contributed by atoms with van der Waals surface area (Å²) in [5, 5.41) is 3.05. The van der Waals surface area contributed by atoms with Gasteiger partial charge in [0.2, 0.25) is 11.8 Å². The number of hydrogen-bond acceptors (Lipinski definition) is 3. The maximum Gasteiger partial charge on any atom is 0.237 e. The van der Waals surface area contributed by atoms with Gasteiger partial charge in [-0.2, -0.15) is 0 Å². The van der Waals surface area contributed by atoms with Crippen molar-refractivity contribution in [1.82, 2.24) is 15.1 Å². The highest BCUT2D eigenvalue weighted by Gasteiger charge is 2.33. The molecule has 5 nitrogen and oxygen atoms in total. The van der Waals surface area contributed by atoms with E-state index in [4.69, 9.17) is 0 Å². The van der Waals surface area contributed by atoms with E-state index >= 15 is 0 Å². The molecule has 1 saturated carbocycles. The first-order chi connectivity index (χ1) is 9.29. The second-order valence-corrected chi connectivity index (χ2v) is 7.04. The monoisotopic (exact) mass is 281 g/mol. The third kappa shape index (κ3) is 3.72. The summed E-state index contributed by atoms with van der Waals surface area (Å²) in [5.74, 6) is 0.329. The van der Waals surface area contributed by atoms with Crippen LogP contribution in [0.15, 0.2) is 0 Å². The van der Waals surface area contributed by atoms with Gasteiger partial charge in [0.1, 0.15) is 0 Å². The van der Waals surface area contributed by atoms with E-state index in [1.54, 1.807) is 0 Å². The highest BCUT2D eigenvalue weighted by Crippen LogP contribution is 2.21. The maximum absolute atomic E-state index is 12.2. The van der Waals surface area contributed by atoms with E-state index in [-0.39, 0.29) is 23.3 Å². The number of hydrogen-bond donors (Lipinski definition) is 1. The fourth-order valence-electron chi connectivity index (χ4n) is 2.50. The molecular formula is C15H27N3O2. The lowest BCUT2D eigenvalue weighted by molar-refractivity contribution is -0.142. The number of carbonyl (C=O) groups is 2. The minimum Gasteiger partial charge on any atom is -0.352 e. The van der Waals surface area contributed by atoms with Gasteiger partial charge in [-0.3, -0.25) is 14.5 Å². The average molecular weight is 281 g/mol. The van der Waals surface area contributed by atoms with Gasteiger partial charge in [-0.15, -0.1) is 0 Å². The van der Waals surface area contributed by atoms with Crippen molar-refractivity contribution in [3.63, 3.8) is 0 Å². The molecule has 1 atom stereocenters. The van der Waals surface area contributed by atoms with Crippen LogP contribution in [0.1, 0.15) is 40.5 Å². The molecule has 114 valence electrons. The molecular weight excluding hydrogens is 254 g/mol. The van der Waals surface area contributed by atoms with Gasteiger partial charge in [-0.25, -0.2) is 0 Å². The van der Waals surface area contributed by atoms with E-state index in [9.17, 15) is 9.59 Å². The summed E-state index contributed by atoms with van der Waals surface area (Å²) in [7, 11) is 0. The Kier molecular flexibility index (Phi) is 4.37. The minimum absolute atomic E-state index is 0.0949. The van der Waals surface area contributed by atoms with Gasteiger partial charge in [-0.1, -0.05) is 20.8 Å². The first-order valence-corrected chi connectivity index (χ1v) is 7.63. The number of carbonyl (C=O) groups excluding carboxylic acids is 2. The summed E-state index contributed by atoms with van der Waals surface area (Å²) in [5.41, 5.74) is -0.322. The summed E-state index contributed by atoms with van der Waals surface area (Å²) >= 11 is 0. The van der Waals surface area contributed by atoms with Crippen LogP contribution in [0.25, 0.3) is 0 Å². The van der Waals surface area contributed by atoms with Crippen LogP contribution in [-0.4, -0.2) is 59.9 Å². The van der Waals surface area contributed by atoms with Crippen molar-refractivity contribution in [2.45, 2.75) is 52.6 Å². The highest BCUT2D eigenvalue weighted by atomic mass is 16.2. The Morgan fingerprint density at radius 3 is 2.10 bits per heavy atom. The van der Waals surface area contributed by atoms with Crippen LogP contribution in [0.3, 0.4) is 0 Å². The van der Waals surface area contributed by atoms with E-state index in [1.165, 1.54) is 0 Å². The fraction of sp³-hybridized carbons (Fsp3) is 0.867. The zero-order valence-corrected chi connectivity index (χ0v) is 13.1. The molecule has 0 aromatic rings. The molecule has 1 N–H and O–H groups in total. The minimum atomic E-state index is -0.322. The topological polar surface area (TPSA) is 52.7 Å². The number of piperazine rings is 1. The second kappa shape index (κ2) is 5.72. The quantitative estimate of drug-likeness (QED) is 0.834. The van der Waals surface area contributed by atoms with Crippen LogP contribution < -0.4 is 5.32 Å². The van der Waals surface area contributed by atoms with E-state index in [0.717, 1.165) is 39.0 Å². The van der Waals surface area contributed by atoms with Crippen LogP contribution in [0.5, 0.6) is 0 Å². The highest BCUT2D eigenvalue weighted by molar-refractivity contribution is 5.82. The summed E-state index contributed by atoms with van der Waals surface area (Å²) in [6.07, 6.45) is 2.23. The van der Waals surface area contributed by atoms with Crippen molar-refractivity contribution >= 4 is 11.8 Å². The van der Waals surface area contributed by atoms with Crippen LogP contribution in [0.4, 0.5) is 0 Å². The maximum atomic E-state index is 12.2. The Morgan fingerprint density at radius 2 is 1.65 bits per heavy atom. The van der Waals surface area contributed by atoms with Crippen LogP contribution in [0.2, 0.25) is 0 Å². The molecule has 0 radical (unpaired) electrons. The lowest BCUT2D eigenvalue weighted by Crippen LogP contribution is -2.56. The molecule has 2 aliphatic rings. The molecule has 1 aliphatic heterocycles. The normalized spacial score (nSPS) is 22.5.